The van der Waals surface area contributed by atoms with Crippen molar-refractivity contribution >= 4 is 46.2 Å². The molecule has 1 fully saturated rings. The van der Waals surface area contributed by atoms with Crippen LogP contribution >= 0.6 is 23.8 Å². The fourth-order valence-electron chi connectivity index (χ4n) is 4.54. The molecule has 0 bridgehead atoms. The van der Waals surface area contributed by atoms with Crippen LogP contribution in [0.3, 0.4) is 0 Å². The highest BCUT2D eigenvalue weighted by atomic mass is 35.5. The van der Waals surface area contributed by atoms with Gasteiger partial charge in [0.2, 0.25) is 5.91 Å². The van der Waals surface area contributed by atoms with Crippen LogP contribution in [0.4, 0.5) is 11.4 Å². The molecule has 1 saturated heterocycles. The molecule has 1 aliphatic heterocycles. The van der Waals surface area contributed by atoms with Gasteiger partial charge in [-0.15, -0.1) is 0 Å². The highest BCUT2D eigenvalue weighted by Gasteiger charge is 2.42. The summed E-state index contributed by atoms with van der Waals surface area (Å²) in [4.78, 5) is 18.5. The van der Waals surface area contributed by atoms with Gasteiger partial charge >= 0.3 is 0 Å². The van der Waals surface area contributed by atoms with Crippen molar-refractivity contribution in [3.8, 4) is 17.1 Å². The van der Waals surface area contributed by atoms with Crippen molar-refractivity contribution in [1.82, 2.24) is 10.3 Å². The predicted molar refractivity (Wildman–Crippen MR) is 155 cm³/mol. The number of rotatable bonds is 9. The smallest absolute Gasteiger partial charge is 0.250 e. The summed E-state index contributed by atoms with van der Waals surface area (Å²) in [6.07, 6.45) is 1.75. The van der Waals surface area contributed by atoms with Crippen LogP contribution < -0.4 is 20.3 Å². The van der Waals surface area contributed by atoms with Crippen molar-refractivity contribution in [1.29, 1.82) is 0 Å². The molecule has 5 rings (SSSR count). The number of ether oxygens (including phenoxy) is 2. The van der Waals surface area contributed by atoms with Crippen LogP contribution in [0.25, 0.3) is 11.3 Å². The predicted octanol–water partition coefficient (Wildman–Crippen LogP) is 6.16. The van der Waals surface area contributed by atoms with Gasteiger partial charge in [0, 0.05) is 24.6 Å². The third kappa shape index (κ3) is 5.75. The van der Waals surface area contributed by atoms with E-state index in [1.165, 1.54) is 7.11 Å². The molecule has 0 saturated carbocycles. The van der Waals surface area contributed by atoms with E-state index in [9.17, 15) is 4.79 Å². The summed E-state index contributed by atoms with van der Waals surface area (Å²) in [6, 6.07) is 22.2. The molecule has 2 N–H and O–H groups in total. The van der Waals surface area contributed by atoms with Crippen LogP contribution in [0, 0.1) is 0 Å². The van der Waals surface area contributed by atoms with Crippen LogP contribution in [0.5, 0.6) is 5.75 Å². The molecule has 0 spiro atoms. The first-order valence-electron chi connectivity index (χ1n) is 12.4. The summed E-state index contributed by atoms with van der Waals surface area (Å²) < 4.78 is 16.9. The molecule has 2 atom stereocenters. The third-order valence-electron chi connectivity index (χ3n) is 6.25. The van der Waals surface area contributed by atoms with Gasteiger partial charge in [-0.1, -0.05) is 17.7 Å². The number of thiocarbonyl (C=S) groups is 1. The van der Waals surface area contributed by atoms with Crippen molar-refractivity contribution in [3.05, 3.63) is 95.5 Å². The van der Waals surface area contributed by atoms with Gasteiger partial charge < -0.3 is 29.4 Å². The summed E-state index contributed by atoms with van der Waals surface area (Å²) in [6.45, 7) is 2.49. The molecule has 200 valence electrons. The second kappa shape index (κ2) is 11.9. The Bertz CT molecular complexity index is 1460. The fraction of sp³-hybridized carbons (Fsp3) is 0.207. The molecular weight excluding hydrogens is 536 g/mol. The lowest BCUT2D eigenvalue weighted by molar-refractivity contribution is -0.119. The zero-order valence-electron chi connectivity index (χ0n) is 21.4. The topological polar surface area (TPSA) is 88.9 Å². The monoisotopic (exact) mass is 562 g/mol. The molecule has 0 radical (unpaired) electrons. The normalized spacial score (nSPS) is 16.7. The number of amides is 1. The maximum Gasteiger partial charge on any atom is 0.250 e. The molecule has 8 nitrogen and oxygen atoms in total. The molecule has 3 heterocycles. The van der Waals surface area contributed by atoms with E-state index in [4.69, 9.17) is 37.7 Å². The first-order chi connectivity index (χ1) is 19.0. The van der Waals surface area contributed by atoms with Gasteiger partial charge in [-0.2, -0.15) is 0 Å². The molecule has 1 aliphatic rings. The highest BCUT2D eigenvalue weighted by Crippen LogP contribution is 2.44. The van der Waals surface area contributed by atoms with Gasteiger partial charge in [0.15, 0.2) is 5.11 Å². The lowest BCUT2D eigenvalue weighted by Gasteiger charge is -2.26. The minimum Gasteiger partial charge on any atom is -0.494 e. The number of hydrogen-bond donors (Lipinski definition) is 2. The first-order valence-corrected chi connectivity index (χ1v) is 13.2. The Balaban J connectivity index is 1.50. The van der Waals surface area contributed by atoms with Crippen LogP contribution in [0.15, 0.2) is 83.4 Å². The summed E-state index contributed by atoms with van der Waals surface area (Å²) in [5.41, 5.74) is 2.97. The van der Waals surface area contributed by atoms with Gasteiger partial charge in [0.25, 0.3) is 0 Å². The van der Waals surface area contributed by atoms with E-state index in [-0.39, 0.29) is 24.6 Å². The van der Waals surface area contributed by atoms with Crippen LogP contribution in [-0.4, -0.2) is 36.3 Å². The Labute approximate surface area is 236 Å². The first kappa shape index (κ1) is 26.7. The molecule has 1 amide bonds. The molecule has 10 heteroatoms. The lowest BCUT2D eigenvalue weighted by atomic mass is 10.0. The number of pyridine rings is 1. The summed E-state index contributed by atoms with van der Waals surface area (Å²) in [5, 5.41) is 7.03. The number of aromatic nitrogens is 1. The van der Waals surface area contributed by atoms with E-state index in [0.29, 0.717) is 28.2 Å². The molecule has 2 aromatic carbocycles. The van der Waals surface area contributed by atoms with Crippen molar-refractivity contribution < 1.29 is 18.7 Å². The Morgan fingerprint density at radius 3 is 2.67 bits per heavy atom. The summed E-state index contributed by atoms with van der Waals surface area (Å²) >= 11 is 12.4. The number of hydrogen-bond acceptors (Lipinski definition) is 6. The van der Waals surface area contributed by atoms with E-state index in [1.54, 1.807) is 18.3 Å². The number of methoxy groups -OCH3 is 1. The van der Waals surface area contributed by atoms with Crippen molar-refractivity contribution in [2.24, 2.45) is 0 Å². The minimum atomic E-state index is -0.353. The quantitative estimate of drug-likeness (QED) is 0.235. The number of nitrogens with zero attached hydrogens (tertiary/aromatic N) is 2. The van der Waals surface area contributed by atoms with Crippen molar-refractivity contribution in [3.63, 3.8) is 0 Å². The highest BCUT2D eigenvalue weighted by molar-refractivity contribution is 7.80. The van der Waals surface area contributed by atoms with E-state index < -0.39 is 0 Å². The Hall–Kier alpha value is -3.92. The number of furan rings is 1. The largest absolute Gasteiger partial charge is 0.494 e. The standard InChI is InChI=1S/C29H27ClN4O4S/c1-3-37-20-10-7-18(8-11-20)24-13-14-25(38-24)28-27(23-6-4-5-15-31-23)33-29(39)34(28)19-9-12-22(21(30)16-19)32-26(35)17-36-2/h4-16,27-28H,3,17H2,1-2H3,(H,32,35)(H,33,39)/t27-,28-/m1/s1. The molecule has 39 heavy (non-hydrogen) atoms. The SMILES string of the molecule is CCOc1ccc(-c2ccc([C@@H]3[C@@H](c4ccccn4)NC(=S)N3c3ccc(NC(=O)COC)c(Cl)c3)o2)cc1. The zero-order chi connectivity index (χ0) is 27.4. The number of nitrogens with one attached hydrogen (secondary N) is 2. The fourth-order valence-corrected chi connectivity index (χ4v) is 5.11. The van der Waals surface area contributed by atoms with Crippen LogP contribution in [-0.2, 0) is 9.53 Å². The molecule has 4 aromatic rings. The van der Waals surface area contributed by atoms with E-state index in [1.807, 2.05) is 72.5 Å². The Morgan fingerprint density at radius 1 is 1.15 bits per heavy atom. The molecule has 0 unspecified atom stereocenters. The molecular formula is C29H27ClN4O4S. The second-order valence-corrected chi connectivity index (χ2v) is 9.60. The maximum absolute atomic E-state index is 12.0. The Morgan fingerprint density at radius 2 is 1.97 bits per heavy atom. The van der Waals surface area contributed by atoms with Gasteiger partial charge in [0.05, 0.1) is 29.1 Å². The summed E-state index contributed by atoms with van der Waals surface area (Å²) in [7, 11) is 1.46. The zero-order valence-corrected chi connectivity index (χ0v) is 23.0. The van der Waals surface area contributed by atoms with Crippen LogP contribution in [0.2, 0.25) is 5.02 Å². The van der Waals surface area contributed by atoms with Crippen molar-refractivity contribution in [2.45, 2.75) is 19.0 Å². The van der Waals surface area contributed by atoms with Crippen molar-refractivity contribution in [2.75, 3.05) is 30.5 Å². The van der Waals surface area contributed by atoms with E-state index in [0.717, 1.165) is 28.5 Å². The van der Waals surface area contributed by atoms with Gasteiger partial charge in [0.1, 0.15) is 29.9 Å². The van der Waals surface area contributed by atoms with Crippen LogP contribution in [0.1, 0.15) is 30.5 Å². The lowest BCUT2D eigenvalue weighted by Crippen LogP contribution is -2.29. The number of benzene rings is 2. The third-order valence-corrected chi connectivity index (χ3v) is 6.87. The van der Waals surface area contributed by atoms with E-state index in [2.05, 4.69) is 15.6 Å². The van der Waals surface area contributed by atoms with E-state index >= 15 is 0 Å². The summed E-state index contributed by atoms with van der Waals surface area (Å²) in [5.74, 6) is 1.94. The molecule has 0 aliphatic carbocycles. The Kier molecular flexibility index (Phi) is 8.11. The van der Waals surface area contributed by atoms with Gasteiger partial charge in [-0.05, 0) is 85.9 Å². The average molecular weight is 563 g/mol. The van der Waals surface area contributed by atoms with Gasteiger partial charge in [-0.25, -0.2) is 0 Å². The number of halogens is 1. The number of anilines is 2. The maximum atomic E-state index is 12.0. The number of carbonyl (C=O) groups is 1. The minimum absolute atomic E-state index is 0.0682. The number of carbonyl (C=O) groups excluding carboxylic acids is 1. The molecule has 2 aromatic heterocycles. The van der Waals surface area contributed by atoms with Gasteiger partial charge in [-0.3, -0.25) is 9.78 Å². The second-order valence-electron chi connectivity index (χ2n) is 8.80. The average Bonchev–Trinajstić information content (AvgIpc) is 3.56.